The van der Waals surface area contributed by atoms with Crippen LogP contribution < -0.4 is 5.32 Å². The Hall–Kier alpha value is -2.31. The van der Waals surface area contributed by atoms with Gasteiger partial charge in [0.05, 0.1) is 17.9 Å². The molecular weight excluding hydrogens is 232 g/mol. The standard InChI is InChI=1S/C11H14N6O/c1-6-4-13-9(5-12-6)11(18)14-7(2)10-15-8(3)16-17-10/h4-5,7H,1-3H3,(H,14,18)(H,15,16,17)/t7-/m0/s1. The van der Waals surface area contributed by atoms with E-state index in [0.29, 0.717) is 11.6 Å². The van der Waals surface area contributed by atoms with Crippen LogP contribution in [0.4, 0.5) is 0 Å². The monoisotopic (exact) mass is 246 g/mol. The van der Waals surface area contributed by atoms with E-state index in [1.165, 1.54) is 6.20 Å². The van der Waals surface area contributed by atoms with Crippen LogP contribution in [-0.4, -0.2) is 31.1 Å². The molecule has 2 aromatic rings. The lowest BCUT2D eigenvalue weighted by Crippen LogP contribution is -2.28. The normalized spacial score (nSPS) is 12.2. The number of aromatic amines is 1. The maximum Gasteiger partial charge on any atom is 0.272 e. The number of H-pyrrole nitrogens is 1. The van der Waals surface area contributed by atoms with E-state index in [-0.39, 0.29) is 17.6 Å². The Morgan fingerprint density at radius 1 is 1.33 bits per heavy atom. The Morgan fingerprint density at radius 2 is 2.11 bits per heavy atom. The highest BCUT2D eigenvalue weighted by Gasteiger charge is 2.15. The van der Waals surface area contributed by atoms with Crippen LogP contribution in [0, 0.1) is 13.8 Å². The molecule has 0 aliphatic carbocycles. The lowest BCUT2D eigenvalue weighted by molar-refractivity contribution is 0.0933. The molecule has 2 aromatic heterocycles. The second-order valence-corrected chi connectivity index (χ2v) is 4.02. The number of amides is 1. The Labute approximate surface area is 104 Å². The minimum absolute atomic E-state index is 0.278. The zero-order chi connectivity index (χ0) is 13.1. The second kappa shape index (κ2) is 4.91. The molecule has 2 heterocycles. The Balaban J connectivity index is 2.05. The van der Waals surface area contributed by atoms with E-state index in [2.05, 4.69) is 30.5 Å². The van der Waals surface area contributed by atoms with E-state index in [1.54, 1.807) is 13.1 Å². The van der Waals surface area contributed by atoms with E-state index in [1.807, 2.05) is 13.8 Å². The fourth-order valence-electron chi connectivity index (χ4n) is 1.40. The van der Waals surface area contributed by atoms with Gasteiger partial charge in [-0.05, 0) is 20.8 Å². The number of carbonyl (C=O) groups excluding carboxylic acids is 1. The summed E-state index contributed by atoms with van der Waals surface area (Å²) < 4.78 is 0. The summed E-state index contributed by atoms with van der Waals surface area (Å²) in [5, 5.41) is 9.48. The highest BCUT2D eigenvalue weighted by atomic mass is 16.1. The first-order chi connectivity index (χ1) is 8.56. The molecule has 1 atom stereocenters. The van der Waals surface area contributed by atoms with Gasteiger partial charge in [-0.15, -0.1) is 0 Å². The number of hydrogen-bond acceptors (Lipinski definition) is 5. The summed E-state index contributed by atoms with van der Waals surface area (Å²) in [6.07, 6.45) is 3.00. The van der Waals surface area contributed by atoms with Crippen molar-refractivity contribution in [3.63, 3.8) is 0 Å². The number of aryl methyl sites for hydroxylation is 2. The van der Waals surface area contributed by atoms with Crippen molar-refractivity contribution in [3.8, 4) is 0 Å². The summed E-state index contributed by atoms with van der Waals surface area (Å²) in [4.78, 5) is 24.1. The zero-order valence-corrected chi connectivity index (χ0v) is 10.4. The summed E-state index contributed by atoms with van der Waals surface area (Å²) in [5.74, 6) is 0.958. The molecule has 0 aliphatic rings. The topological polar surface area (TPSA) is 96.5 Å². The molecular formula is C11H14N6O. The number of rotatable bonds is 3. The number of nitrogens with zero attached hydrogens (tertiary/aromatic N) is 4. The molecule has 7 nitrogen and oxygen atoms in total. The lowest BCUT2D eigenvalue weighted by Gasteiger charge is -2.09. The first-order valence-electron chi connectivity index (χ1n) is 5.54. The highest BCUT2D eigenvalue weighted by Crippen LogP contribution is 2.07. The predicted octanol–water partition coefficient (Wildman–Crippen LogP) is 0.703. The van der Waals surface area contributed by atoms with Gasteiger partial charge < -0.3 is 5.32 Å². The van der Waals surface area contributed by atoms with Crippen LogP contribution in [0.5, 0.6) is 0 Å². The fraction of sp³-hybridized carbons (Fsp3) is 0.364. The van der Waals surface area contributed by atoms with Crippen LogP contribution in [0.2, 0.25) is 0 Å². The Morgan fingerprint density at radius 3 is 2.67 bits per heavy atom. The maximum absolute atomic E-state index is 11.9. The van der Waals surface area contributed by atoms with Crippen molar-refractivity contribution in [1.82, 2.24) is 30.5 Å². The maximum atomic E-state index is 11.9. The lowest BCUT2D eigenvalue weighted by atomic mass is 10.3. The van der Waals surface area contributed by atoms with Crippen molar-refractivity contribution in [2.75, 3.05) is 0 Å². The molecule has 7 heteroatoms. The second-order valence-electron chi connectivity index (χ2n) is 4.02. The Bertz CT molecular complexity index is 547. The van der Waals surface area contributed by atoms with Crippen LogP contribution in [0.25, 0.3) is 0 Å². The summed E-state index contributed by atoms with van der Waals surface area (Å²) in [6, 6.07) is -0.287. The highest BCUT2D eigenvalue weighted by molar-refractivity contribution is 5.92. The molecule has 0 saturated carbocycles. The van der Waals surface area contributed by atoms with Crippen LogP contribution in [0.15, 0.2) is 12.4 Å². The first-order valence-corrected chi connectivity index (χ1v) is 5.54. The SMILES string of the molecule is Cc1cnc(C(=O)N[C@@H](C)c2n[nH]c(C)n2)cn1. The molecule has 0 saturated heterocycles. The number of carbonyl (C=O) groups is 1. The van der Waals surface area contributed by atoms with Crippen molar-refractivity contribution in [3.05, 3.63) is 35.4 Å². The summed E-state index contributed by atoms with van der Waals surface area (Å²) in [6.45, 7) is 5.42. The average molecular weight is 246 g/mol. The van der Waals surface area contributed by atoms with E-state index in [9.17, 15) is 4.79 Å². The third kappa shape index (κ3) is 2.68. The number of aromatic nitrogens is 5. The minimum atomic E-state index is -0.294. The van der Waals surface area contributed by atoms with E-state index in [0.717, 1.165) is 5.69 Å². The van der Waals surface area contributed by atoms with Gasteiger partial charge in [-0.1, -0.05) is 0 Å². The average Bonchev–Trinajstić information content (AvgIpc) is 2.76. The van der Waals surface area contributed by atoms with Crippen molar-refractivity contribution < 1.29 is 4.79 Å². The van der Waals surface area contributed by atoms with Crippen LogP contribution in [0.3, 0.4) is 0 Å². The molecule has 0 bridgehead atoms. The van der Waals surface area contributed by atoms with Gasteiger partial charge in [-0.3, -0.25) is 14.9 Å². The molecule has 18 heavy (non-hydrogen) atoms. The van der Waals surface area contributed by atoms with Gasteiger partial charge in [-0.2, -0.15) is 5.10 Å². The van der Waals surface area contributed by atoms with Crippen LogP contribution >= 0.6 is 0 Å². The summed E-state index contributed by atoms with van der Waals surface area (Å²) in [5.41, 5.74) is 1.05. The van der Waals surface area contributed by atoms with Crippen molar-refractivity contribution in [1.29, 1.82) is 0 Å². The molecule has 0 spiro atoms. The van der Waals surface area contributed by atoms with Crippen molar-refractivity contribution in [2.45, 2.75) is 26.8 Å². The Kier molecular flexibility index (Phi) is 3.31. The quantitative estimate of drug-likeness (QED) is 0.831. The molecule has 2 rings (SSSR count). The van der Waals surface area contributed by atoms with Crippen molar-refractivity contribution >= 4 is 5.91 Å². The third-order valence-corrected chi connectivity index (χ3v) is 2.36. The van der Waals surface area contributed by atoms with Crippen molar-refractivity contribution in [2.24, 2.45) is 0 Å². The molecule has 0 fully saturated rings. The van der Waals surface area contributed by atoms with Gasteiger partial charge >= 0.3 is 0 Å². The summed E-state index contributed by atoms with van der Waals surface area (Å²) in [7, 11) is 0. The molecule has 1 amide bonds. The van der Waals surface area contributed by atoms with Gasteiger partial charge in [0.2, 0.25) is 0 Å². The largest absolute Gasteiger partial charge is 0.341 e. The summed E-state index contributed by atoms with van der Waals surface area (Å²) >= 11 is 0. The smallest absolute Gasteiger partial charge is 0.272 e. The predicted molar refractivity (Wildman–Crippen MR) is 63.8 cm³/mol. The molecule has 94 valence electrons. The zero-order valence-electron chi connectivity index (χ0n) is 10.4. The fourth-order valence-corrected chi connectivity index (χ4v) is 1.40. The molecule has 2 N–H and O–H groups in total. The molecule has 0 unspecified atom stereocenters. The number of hydrogen-bond donors (Lipinski definition) is 2. The van der Waals surface area contributed by atoms with Crippen LogP contribution in [0.1, 0.15) is 40.8 Å². The minimum Gasteiger partial charge on any atom is -0.341 e. The van der Waals surface area contributed by atoms with Gasteiger partial charge in [0.15, 0.2) is 5.82 Å². The van der Waals surface area contributed by atoms with E-state index in [4.69, 9.17) is 0 Å². The third-order valence-electron chi connectivity index (χ3n) is 2.36. The van der Waals surface area contributed by atoms with E-state index < -0.39 is 0 Å². The van der Waals surface area contributed by atoms with E-state index >= 15 is 0 Å². The molecule has 0 aromatic carbocycles. The van der Waals surface area contributed by atoms with Gasteiger partial charge in [0.25, 0.3) is 5.91 Å². The van der Waals surface area contributed by atoms with Crippen LogP contribution in [-0.2, 0) is 0 Å². The first kappa shape index (κ1) is 12.2. The van der Waals surface area contributed by atoms with Gasteiger partial charge in [0, 0.05) is 6.20 Å². The van der Waals surface area contributed by atoms with Gasteiger partial charge in [-0.25, -0.2) is 9.97 Å². The van der Waals surface area contributed by atoms with Gasteiger partial charge in [0.1, 0.15) is 11.5 Å². The number of nitrogens with one attached hydrogen (secondary N) is 2. The molecule has 0 aliphatic heterocycles. The molecule has 0 radical (unpaired) electrons.